The first-order chi connectivity index (χ1) is 8.93. The van der Waals surface area contributed by atoms with Gasteiger partial charge in [0.25, 0.3) is 0 Å². The number of esters is 1. The standard InChI is InChI=1S/C16H31NO2/c1-5-19-15(18)9-7-12-17-11-6-8-14(10-13-17)16(2,3)4/h14H,5-13H2,1-4H3. The van der Waals surface area contributed by atoms with Crippen molar-refractivity contribution < 1.29 is 9.53 Å². The maximum absolute atomic E-state index is 11.3. The molecule has 1 saturated heterocycles. The van der Waals surface area contributed by atoms with E-state index < -0.39 is 0 Å². The number of likely N-dealkylation sites (tertiary alicyclic amines) is 1. The van der Waals surface area contributed by atoms with Crippen LogP contribution in [0.15, 0.2) is 0 Å². The van der Waals surface area contributed by atoms with Gasteiger partial charge < -0.3 is 9.64 Å². The van der Waals surface area contributed by atoms with E-state index in [0.717, 1.165) is 18.9 Å². The monoisotopic (exact) mass is 269 g/mol. The summed E-state index contributed by atoms with van der Waals surface area (Å²) < 4.78 is 4.96. The molecule has 19 heavy (non-hydrogen) atoms. The van der Waals surface area contributed by atoms with Gasteiger partial charge in [-0.25, -0.2) is 0 Å². The smallest absolute Gasteiger partial charge is 0.305 e. The topological polar surface area (TPSA) is 29.5 Å². The first kappa shape index (κ1) is 16.5. The van der Waals surface area contributed by atoms with Gasteiger partial charge in [-0.3, -0.25) is 4.79 Å². The Morgan fingerprint density at radius 1 is 1.26 bits per heavy atom. The third-order valence-corrected chi connectivity index (χ3v) is 4.21. The fraction of sp³-hybridized carbons (Fsp3) is 0.938. The van der Waals surface area contributed by atoms with Crippen LogP contribution in [-0.2, 0) is 9.53 Å². The van der Waals surface area contributed by atoms with Gasteiger partial charge in [0.05, 0.1) is 6.61 Å². The highest BCUT2D eigenvalue weighted by molar-refractivity contribution is 5.69. The van der Waals surface area contributed by atoms with Crippen LogP contribution in [0, 0.1) is 11.3 Å². The van der Waals surface area contributed by atoms with Crippen LogP contribution in [0.3, 0.4) is 0 Å². The Labute approximate surface area is 118 Å². The first-order valence-corrected chi connectivity index (χ1v) is 7.81. The lowest BCUT2D eigenvalue weighted by Crippen LogP contribution is -2.27. The van der Waals surface area contributed by atoms with Gasteiger partial charge in [0.2, 0.25) is 0 Å². The molecule has 1 atom stereocenters. The van der Waals surface area contributed by atoms with Crippen LogP contribution in [0.4, 0.5) is 0 Å². The molecule has 3 nitrogen and oxygen atoms in total. The number of hydrogen-bond donors (Lipinski definition) is 0. The fourth-order valence-electron chi connectivity index (χ4n) is 2.93. The minimum atomic E-state index is -0.0510. The number of hydrogen-bond acceptors (Lipinski definition) is 3. The molecule has 1 unspecified atom stereocenters. The quantitative estimate of drug-likeness (QED) is 0.716. The second-order valence-corrected chi connectivity index (χ2v) is 6.74. The predicted molar refractivity (Wildman–Crippen MR) is 79.1 cm³/mol. The molecule has 0 aromatic carbocycles. The third-order valence-electron chi connectivity index (χ3n) is 4.21. The summed E-state index contributed by atoms with van der Waals surface area (Å²) in [4.78, 5) is 13.8. The Bertz CT molecular complexity index is 270. The van der Waals surface area contributed by atoms with Gasteiger partial charge in [-0.15, -0.1) is 0 Å². The molecule has 3 heteroatoms. The lowest BCUT2D eigenvalue weighted by molar-refractivity contribution is -0.143. The van der Waals surface area contributed by atoms with E-state index in [2.05, 4.69) is 25.7 Å². The summed E-state index contributed by atoms with van der Waals surface area (Å²) in [6.45, 7) is 12.8. The highest BCUT2D eigenvalue weighted by Crippen LogP contribution is 2.34. The van der Waals surface area contributed by atoms with E-state index in [-0.39, 0.29) is 5.97 Å². The fourth-order valence-corrected chi connectivity index (χ4v) is 2.93. The number of carbonyl (C=O) groups excluding carboxylic acids is 1. The van der Waals surface area contributed by atoms with Gasteiger partial charge in [0.15, 0.2) is 0 Å². The van der Waals surface area contributed by atoms with Crippen LogP contribution in [0.2, 0.25) is 0 Å². The van der Waals surface area contributed by atoms with Gasteiger partial charge in [0, 0.05) is 6.42 Å². The van der Waals surface area contributed by atoms with E-state index in [1.807, 2.05) is 6.92 Å². The summed E-state index contributed by atoms with van der Waals surface area (Å²) in [5, 5.41) is 0. The number of carbonyl (C=O) groups is 1. The minimum absolute atomic E-state index is 0.0510. The largest absolute Gasteiger partial charge is 0.466 e. The van der Waals surface area contributed by atoms with E-state index in [1.54, 1.807) is 0 Å². The van der Waals surface area contributed by atoms with Gasteiger partial charge in [0.1, 0.15) is 0 Å². The Balaban J connectivity index is 2.24. The van der Waals surface area contributed by atoms with Crippen molar-refractivity contribution in [1.29, 1.82) is 0 Å². The lowest BCUT2D eigenvalue weighted by Gasteiger charge is -2.29. The summed E-state index contributed by atoms with van der Waals surface area (Å²) in [5.41, 5.74) is 0.431. The van der Waals surface area contributed by atoms with Crippen LogP contribution in [-0.4, -0.2) is 37.1 Å². The summed E-state index contributed by atoms with van der Waals surface area (Å²) in [6.07, 6.45) is 5.42. The van der Waals surface area contributed by atoms with Crippen LogP contribution < -0.4 is 0 Å². The van der Waals surface area contributed by atoms with Gasteiger partial charge >= 0.3 is 5.97 Å². The third kappa shape index (κ3) is 6.42. The molecule has 1 fully saturated rings. The predicted octanol–water partition coefficient (Wildman–Crippen LogP) is 3.48. The van der Waals surface area contributed by atoms with Crippen molar-refractivity contribution in [2.24, 2.45) is 11.3 Å². The highest BCUT2D eigenvalue weighted by Gasteiger charge is 2.26. The number of nitrogens with zero attached hydrogens (tertiary/aromatic N) is 1. The van der Waals surface area contributed by atoms with E-state index in [0.29, 0.717) is 18.4 Å². The SMILES string of the molecule is CCOC(=O)CCCN1CCCC(C(C)(C)C)CC1. The second kappa shape index (κ2) is 7.88. The van der Waals surface area contributed by atoms with Crippen molar-refractivity contribution in [3.8, 4) is 0 Å². The Kier molecular flexibility index (Phi) is 6.84. The van der Waals surface area contributed by atoms with Crippen LogP contribution in [0.1, 0.15) is 59.8 Å². The highest BCUT2D eigenvalue weighted by atomic mass is 16.5. The minimum Gasteiger partial charge on any atom is -0.466 e. The van der Waals surface area contributed by atoms with Crippen LogP contribution >= 0.6 is 0 Å². The Morgan fingerprint density at radius 3 is 2.63 bits per heavy atom. The Hall–Kier alpha value is -0.570. The Morgan fingerprint density at radius 2 is 2.00 bits per heavy atom. The average Bonchev–Trinajstić information content (AvgIpc) is 2.54. The lowest BCUT2D eigenvalue weighted by atomic mass is 9.77. The van der Waals surface area contributed by atoms with E-state index in [1.165, 1.54) is 32.4 Å². The van der Waals surface area contributed by atoms with Crippen molar-refractivity contribution in [3.05, 3.63) is 0 Å². The molecule has 1 aliphatic rings. The second-order valence-electron chi connectivity index (χ2n) is 6.74. The number of ether oxygens (including phenoxy) is 1. The maximum Gasteiger partial charge on any atom is 0.305 e. The summed E-state index contributed by atoms with van der Waals surface area (Å²) in [7, 11) is 0. The molecule has 0 radical (unpaired) electrons. The molecule has 0 bridgehead atoms. The van der Waals surface area contributed by atoms with Crippen molar-refractivity contribution in [3.63, 3.8) is 0 Å². The molecule has 0 saturated carbocycles. The van der Waals surface area contributed by atoms with E-state index in [4.69, 9.17) is 4.74 Å². The molecule has 0 spiro atoms. The molecule has 0 aromatic rings. The summed E-state index contributed by atoms with van der Waals surface area (Å²) in [5.74, 6) is 0.785. The zero-order chi connectivity index (χ0) is 14.3. The summed E-state index contributed by atoms with van der Waals surface area (Å²) in [6, 6.07) is 0. The molecule has 0 N–H and O–H groups in total. The number of rotatable bonds is 5. The van der Waals surface area contributed by atoms with E-state index >= 15 is 0 Å². The zero-order valence-corrected chi connectivity index (χ0v) is 13.2. The van der Waals surface area contributed by atoms with E-state index in [9.17, 15) is 4.79 Å². The van der Waals surface area contributed by atoms with Crippen molar-refractivity contribution in [2.75, 3.05) is 26.2 Å². The molecular weight excluding hydrogens is 238 g/mol. The van der Waals surface area contributed by atoms with Crippen LogP contribution in [0.25, 0.3) is 0 Å². The maximum atomic E-state index is 11.3. The molecule has 1 rings (SSSR count). The van der Waals surface area contributed by atoms with Gasteiger partial charge in [-0.2, -0.15) is 0 Å². The van der Waals surface area contributed by atoms with Crippen molar-refractivity contribution in [1.82, 2.24) is 4.90 Å². The molecule has 1 aliphatic heterocycles. The molecular formula is C16H31NO2. The van der Waals surface area contributed by atoms with Gasteiger partial charge in [-0.05, 0) is 63.6 Å². The summed E-state index contributed by atoms with van der Waals surface area (Å²) >= 11 is 0. The molecule has 0 aliphatic carbocycles. The normalized spacial score (nSPS) is 22.0. The van der Waals surface area contributed by atoms with Gasteiger partial charge in [-0.1, -0.05) is 20.8 Å². The van der Waals surface area contributed by atoms with Crippen molar-refractivity contribution in [2.45, 2.75) is 59.8 Å². The van der Waals surface area contributed by atoms with Crippen LogP contribution in [0.5, 0.6) is 0 Å². The average molecular weight is 269 g/mol. The molecule has 0 aromatic heterocycles. The first-order valence-electron chi connectivity index (χ1n) is 7.81. The molecule has 1 heterocycles. The zero-order valence-electron chi connectivity index (χ0n) is 13.2. The molecule has 0 amide bonds. The van der Waals surface area contributed by atoms with Crippen molar-refractivity contribution >= 4 is 5.97 Å². The molecule has 112 valence electrons.